The fourth-order valence-electron chi connectivity index (χ4n) is 3.20. The zero-order valence-corrected chi connectivity index (χ0v) is 20.1. The van der Waals surface area contributed by atoms with Gasteiger partial charge in [-0.05, 0) is 30.7 Å². The Balaban J connectivity index is 0.00000320. The van der Waals surface area contributed by atoms with Crippen LogP contribution in [-0.2, 0) is 6.54 Å². The van der Waals surface area contributed by atoms with Gasteiger partial charge >= 0.3 is 0 Å². The number of nitrogens with one attached hydrogen (secondary N) is 2. The maximum Gasteiger partial charge on any atom is 0.225 e. The van der Waals surface area contributed by atoms with Gasteiger partial charge in [-0.3, -0.25) is 4.90 Å². The number of rotatable bonds is 8. The van der Waals surface area contributed by atoms with Gasteiger partial charge in [-0.1, -0.05) is 12.1 Å². The van der Waals surface area contributed by atoms with Crippen molar-refractivity contribution in [3.05, 3.63) is 48.3 Å². The van der Waals surface area contributed by atoms with E-state index in [1.807, 2.05) is 30.3 Å². The van der Waals surface area contributed by atoms with Gasteiger partial charge in [0, 0.05) is 58.2 Å². The molecule has 0 atom stereocenters. The minimum Gasteiger partial charge on any atom is -0.497 e. The summed E-state index contributed by atoms with van der Waals surface area (Å²) >= 11 is 0. The molecule has 164 valence electrons. The van der Waals surface area contributed by atoms with Gasteiger partial charge in [0.15, 0.2) is 5.96 Å². The molecule has 2 heterocycles. The Morgan fingerprint density at radius 1 is 1.07 bits per heavy atom. The smallest absolute Gasteiger partial charge is 0.225 e. The first-order chi connectivity index (χ1) is 14.3. The molecular weight excluding hydrogens is 493 g/mol. The maximum atomic E-state index is 5.20. The molecule has 0 saturated carbocycles. The van der Waals surface area contributed by atoms with Gasteiger partial charge in [0.05, 0.1) is 13.7 Å². The molecule has 2 aromatic rings. The molecule has 0 radical (unpaired) electrons. The van der Waals surface area contributed by atoms with Crippen molar-refractivity contribution in [1.82, 2.24) is 25.5 Å². The van der Waals surface area contributed by atoms with Crippen molar-refractivity contribution in [3.63, 3.8) is 0 Å². The Labute approximate surface area is 196 Å². The Morgan fingerprint density at radius 3 is 2.40 bits per heavy atom. The van der Waals surface area contributed by atoms with E-state index in [1.165, 1.54) is 0 Å². The Hall–Kier alpha value is -2.14. The summed E-state index contributed by atoms with van der Waals surface area (Å²) in [6.45, 7) is 9.33. The van der Waals surface area contributed by atoms with Crippen LogP contribution in [0.5, 0.6) is 5.75 Å². The predicted molar refractivity (Wildman–Crippen MR) is 132 cm³/mol. The zero-order valence-electron chi connectivity index (χ0n) is 17.8. The van der Waals surface area contributed by atoms with Crippen LogP contribution in [0.15, 0.2) is 47.7 Å². The second-order valence-corrected chi connectivity index (χ2v) is 6.85. The molecule has 0 aliphatic carbocycles. The van der Waals surface area contributed by atoms with Gasteiger partial charge in [0.2, 0.25) is 5.95 Å². The van der Waals surface area contributed by atoms with Crippen molar-refractivity contribution in [2.24, 2.45) is 4.99 Å². The van der Waals surface area contributed by atoms with E-state index < -0.39 is 0 Å². The molecule has 0 spiro atoms. The fourth-order valence-corrected chi connectivity index (χ4v) is 3.20. The number of hydrogen-bond acceptors (Lipinski definition) is 6. The molecule has 2 N–H and O–H groups in total. The molecule has 1 fully saturated rings. The van der Waals surface area contributed by atoms with Gasteiger partial charge in [0.1, 0.15) is 5.75 Å². The van der Waals surface area contributed by atoms with Gasteiger partial charge in [-0.2, -0.15) is 0 Å². The molecule has 9 heteroatoms. The highest BCUT2D eigenvalue weighted by molar-refractivity contribution is 14.0. The van der Waals surface area contributed by atoms with Crippen molar-refractivity contribution in [3.8, 4) is 5.75 Å². The number of halogens is 1. The summed E-state index contributed by atoms with van der Waals surface area (Å²) in [6.07, 6.45) is 3.60. The lowest BCUT2D eigenvalue weighted by Crippen LogP contribution is -2.49. The van der Waals surface area contributed by atoms with E-state index in [1.54, 1.807) is 19.5 Å². The van der Waals surface area contributed by atoms with Crippen LogP contribution in [0, 0.1) is 0 Å². The Bertz CT molecular complexity index is 750. The number of methoxy groups -OCH3 is 1. The van der Waals surface area contributed by atoms with Crippen molar-refractivity contribution in [2.75, 3.05) is 57.8 Å². The molecule has 1 aromatic heterocycles. The minimum atomic E-state index is 0. The Morgan fingerprint density at radius 2 is 1.77 bits per heavy atom. The normalized spacial score (nSPS) is 14.7. The van der Waals surface area contributed by atoms with Crippen molar-refractivity contribution >= 4 is 35.9 Å². The van der Waals surface area contributed by atoms with E-state index in [2.05, 4.69) is 42.3 Å². The second kappa shape index (κ2) is 13.2. The summed E-state index contributed by atoms with van der Waals surface area (Å²) in [6, 6.07) is 9.86. The lowest BCUT2D eigenvalue weighted by molar-refractivity contribution is 0.260. The highest BCUT2D eigenvalue weighted by Gasteiger charge is 2.18. The van der Waals surface area contributed by atoms with E-state index in [4.69, 9.17) is 4.74 Å². The standard InChI is InChI=1S/C21H31N7O.HI/c1-3-22-20(26-17-18-5-7-19(29-2)8-6-18)23-11-12-27-13-15-28(16-14-27)21-24-9-4-10-25-21;/h4-10H,3,11-17H2,1-2H3,(H2,22,23,26);1H. The number of piperazine rings is 1. The number of aliphatic imine (C=N–C) groups is 1. The molecule has 8 nitrogen and oxygen atoms in total. The summed E-state index contributed by atoms with van der Waals surface area (Å²) in [5, 5.41) is 6.75. The van der Waals surface area contributed by atoms with E-state index in [0.717, 1.165) is 69.0 Å². The molecule has 0 amide bonds. The number of benzene rings is 1. The third-order valence-electron chi connectivity index (χ3n) is 4.85. The molecule has 30 heavy (non-hydrogen) atoms. The van der Waals surface area contributed by atoms with E-state index in [-0.39, 0.29) is 24.0 Å². The van der Waals surface area contributed by atoms with Crippen LogP contribution in [0.2, 0.25) is 0 Å². The van der Waals surface area contributed by atoms with E-state index in [0.29, 0.717) is 6.54 Å². The number of guanidine groups is 1. The van der Waals surface area contributed by atoms with Crippen LogP contribution in [0.3, 0.4) is 0 Å². The first-order valence-electron chi connectivity index (χ1n) is 10.2. The van der Waals surface area contributed by atoms with E-state index >= 15 is 0 Å². The monoisotopic (exact) mass is 525 g/mol. The van der Waals surface area contributed by atoms with Crippen LogP contribution in [-0.4, -0.2) is 73.8 Å². The number of hydrogen-bond donors (Lipinski definition) is 2. The number of aromatic nitrogens is 2. The van der Waals surface area contributed by atoms with Gasteiger partial charge in [-0.15, -0.1) is 24.0 Å². The lowest BCUT2D eigenvalue weighted by Gasteiger charge is -2.34. The van der Waals surface area contributed by atoms with Crippen molar-refractivity contribution in [2.45, 2.75) is 13.5 Å². The fraction of sp³-hybridized carbons (Fsp3) is 0.476. The SMILES string of the molecule is CCNC(=NCc1ccc(OC)cc1)NCCN1CCN(c2ncccn2)CC1.I. The molecule has 0 unspecified atom stereocenters. The first kappa shape index (κ1) is 24.1. The number of ether oxygens (including phenoxy) is 1. The first-order valence-corrected chi connectivity index (χ1v) is 10.2. The highest BCUT2D eigenvalue weighted by Crippen LogP contribution is 2.12. The van der Waals surface area contributed by atoms with Crippen molar-refractivity contribution in [1.29, 1.82) is 0 Å². The van der Waals surface area contributed by atoms with Crippen molar-refractivity contribution < 1.29 is 4.74 Å². The Kier molecular flexibility index (Phi) is 10.6. The summed E-state index contributed by atoms with van der Waals surface area (Å²) in [4.78, 5) is 18.1. The van der Waals surface area contributed by atoms with Gasteiger partial charge in [0.25, 0.3) is 0 Å². The van der Waals surface area contributed by atoms with Gasteiger partial charge < -0.3 is 20.3 Å². The van der Waals surface area contributed by atoms with Crippen LogP contribution in [0.1, 0.15) is 12.5 Å². The summed E-state index contributed by atoms with van der Waals surface area (Å²) in [7, 11) is 1.68. The average Bonchev–Trinajstić information content (AvgIpc) is 2.79. The quantitative estimate of drug-likeness (QED) is 0.310. The molecular formula is C21H32IN7O. The predicted octanol–water partition coefficient (Wildman–Crippen LogP) is 1.98. The number of anilines is 1. The van der Waals surface area contributed by atoms with Crippen LogP contribution < -0.4 is 20.3 Å². The summed E-state index contributed by atoms with van der Waals surface area (Å²) in [5.41, 5.74) is 1.15. The van der Waals surface area contributed by atoms with Crippen LogP contribution in [0.25, 0.3) is 0 Å². The third-order valence-corrected chi connectivity index (χ3v) is 4.85. The number of nitrogens with zero attached hydrogens (tertiary/aromatic N) is 5. The largest absolute Gasteiger partial charge is 0.497 e. The average molecular weight is 525 g/mol. The maximum absolute atomic E-state index is 5.20. The molecule has 1 aromatic carbocycles. The molecule has 1 aliphatic rings. The third kappa shape index (κ3) is 7.60. The molecule has 0 bridgehead atoms. The topological polar surface area (TPSA) is 77.9 Å². The highest BCUT2D eigenvalue weighted by atomic mass is 127. The molecule has 3 rings (SSSR count). The minimum absolute atomic E-state index is 0. The summed E-state index contributed by atoms with van der Waals surface area (Å²) < 4.78 is 5.20. The second-order valence-electron chi connectivity index (χ2n) is 6.85. The summed E-state index contributed by atoms with van der Waals surface area (Å²) in [5.74, 6) is 2.53. The van der Waals surface area contributed by atoms with E-state index in [9.17, 15) is 0 Å². The van der Waals surface area contributed by atoms with Crippen LogP contribution in [0.4, 0.5) is 5.95 Å². The zero-order chi connectivity index (χ0) is 20.3. The molecule has 1 aliphatic heterocycles. The van der Waals surface area contributed by atoms with Crippen LogP contribution >= 0.6 is 24.0 Å². The molecule has 1 saturated heterocycles. The van der Waals surface area contributed by atoms with Gasteiger partial charge in [-0.25, -0.2) is 15.0 Å². The lowest BCUT2D eigenvalue weighted by atomic mass is 10.2.